The third-order valence-electron chi connectivity index (χ3n) is 22.4. The second kappa shape index (κ2) is 48.3. The number of benzene rings is 7. The number of nitrogens with two attached hydrogens (primary N) is 1. The number of pyridine rings is 2. The number of imidazole rings is 1. The molecule has 4 aromatic heterocycles. The minimum absolute atomic E-state index is 0.0428. The van der Waals surface area contributed by atoms with Gasteiger partial charge in [0.05, 0.1) is 18.6 Å². The number of likely N-dealkylation sites (N-methyl/N-ethyl adjacent to an activating group) is 1. The molecule has 0 unspecified atom stereocenters. The van der Waals surface area contributed by atoms with Crippen molar-refractivity contribution in [3.8, 4) is 5.75 Å². The minimum atomic E-state index is -1.81. The van der Waals surface area contributed by atoms with Crippen LogP contribution in [0.4, 0.5) is 0 Å². The number of aromatic amines is 2. The lowest BCUT2D eigenvalue weighted by molar-refractivity contribution is -0.142. The zero-order valence-corrected chi connectivity index (χ0v) is 75.1. The summed E-state index contributed by atoms with van der Waals surface area (Å²) in [5.41, 5.74) is 15.6. The number of nitrogens with zero attached hydrogens (tertiary/aromatic N) is 5. The molecule has 684 valence electrons. The lowest BCUT2D eigenvalue weighted by Crippen LogP contribution is -2.62. The van der Waals surface area contributed by atoms with Gasteiger partial charge < -0.3 is 83.2 Å². The lowest BCUT2D eigenvalue weighted by atomic mass is 9.88. The Kier molecular flexibility index (Phi) is 35.9. The number of nitrogens with one attached hydrogen (secondary N) is 11. The number of likely N-dealkylation sites (tertiary alicyclic amines) is 1. The van der Waals surface area contributed by atoms with Crippen LogP contribution in [0.1, 0.15) is 111 Å². The summed E-state index contributed by atoms with van der Waals surface area (Å²) >= 11 is 6.25. The van der Waals surface area contributed by atoms with Crippen LogP contribution in [-0.4, -0.2) is 206 Å². The van der Waals surface area contributed by atoms with Crippen molar-refractivity contribution in [3.63, 3.8) is 0 Å². The van der Waals surface area contributed by atoms with Gasteiger partial charge in [-0.1, -0.05) is 190 Å². The van der Waals surface area contributed by atoms with E-state index < -0.39 is 132 Å². The van der Waals surface area contributed by atoms with Crippen LogP contribution in [0.3, 0.4) is 0 Å². The Morgan fingerprint density at radius 2 is 1.04 bits per heavy atom. The Morgan fingerprint density at radius 3 is 1.58 bits per heavy atom. The fourth-order valence-corrected chi connectivity index (χ4v) is 15.8. The van der Waals surface area contributed by atoms with Crippen LogP contribution in [-0.2, 0) is 91.3 Å². The number of allylic oxidation sites excluding steroid dienone is 1. The average Bonchev–Trinajstić information content (AvgIpc) is 1.80. The maximum Gasteiger partial charge on any atom is 0.245 e. The van der Waals surface area contributed by atoms with Gasteiger partial charge in [-0.25, -0.2) is 4.98 Å². The van der Waals surface area contributed by atoms with Gasteiger partial charge in [-0.15, -0.1) is 0 Å². The number of amides is 11. The van der Waals surface area contributed by atoms with Crippen LogP contribution in [0.25, 0.3) is 32.8 Å². The summed E-state index contributed by atoms with van der Waals surface area (Å²) in [6.07, 6.45) is 11.3. The zero-order valence-electron chi connectivity index (χ0n) is 74.4. The van der Waals surface area contributed by atoms with Crippen molar-refractivity contribution in [1.82, 2.24) is 82.6 Å². The molecule has 1 fully saturated rings. The van der Waals surface area contributed by atoms with E-state index in [2.05, 4.69) is 184 Å². The van der Waals surface area contributed by atoms with Gasteiger partial charge in [0, 0.05) is 112 Å². The highest BCUT2D eigenvalue weighted by atomic mass is 35.5. The van der Waals surface area contributed by atoms with Crippen molar-refractivity contribution < 1.29 is 62.6 Å². The van der Waals surface area contributed by atoms with E-state index in [1.807, 2.05) is 74.5 Å². The normalized spacial score (nSPS) is 14.6. The van der Waals surface area contributed by atoms with Crippen molar-refractivity contribution in [2.45, 2.75) is 159 Å². The summed E-state index contributed by atoms with van der Waals surface area (Å²) in [6, 6.07) is 49.8. The molecule has 31 heteroatoms. The number of H-pyrrole nitrogens is 2. The summed E-state index contributed by atoms with van der Waals surface area (Å²) in [6.45, 7) is 9.36. The molecule has 1 aliphatic heterocycles. The topological polar surface area (TPSA) is 428 Å². The number of aromatic nitrogens is 5. The van der Waals surface area contributed by atoms with Crippen LogP contribution < -0.4 is 58.3 Å². The molecule has 11 aromatic rings. The number of aliphatic hydroxyl groups is 1. The molecular weight excluding hydrogens is 1680 g/mol. The van der Waals surface area contributed by atoms with Gasteiger partial charge >= 0.3 is 0 Å². The van der Waals surface area contributed by atoms with Crippen LogP contribution in [0.2, 0.25) is 5.02 Å². The quantitative estimate of drug-likeness (QED) is 0.0160. The molecule has 7 aromatic carbocycles. The molecule has 0 saturated carbocycles. The van der Waals surface area contributed by atoms with Gasteiger partial charge in [0.15, 0.2) is 0 Å². The van der Waals surface area contributed by atoms with E-state index in [9.17, 15) is 43.5 Å². The summed E-state index contributed by atoms with van der Waals surface area (Å²) in [5, 5.41) is 38.4. The first kappa shape index (κ1) is 97.4. The molecule has 131 heavy (non-hydrogen) atoms. The van der Waals surface area contributed by atoms with Crippen LogP contribution in [0.5, 0.6) is 5.75 Å². The summed E-state index contributed by atoms with van der Waals surface area (Å²) in [7, 11) is 4.11. The Balaban J connectivity index is 0.000000500. The van der Waals surface area contributed by atoms with Gasteiger partial charge in [0.25, 0.3) is 0 Å². The molecule has 1 aliphatic rings. The predicted molar refractivity (Wildman–Crippen MR) is 502 cm³/mol. The number of halogens is 1. The number of primary amides is 1. The lowest BCUT2D eigenvalue weighted by Gasteiger charge is -2.31. The van der Waals surface area contributed by atoms with E-state index in [1.165, 1.54) is 83.9 Å². The minimum Gasteiger partial charge on any atom is -0.492 e. The summed E-state index contributed by atoms with van der Waals surface area (Å²) in [4.78, 5) is 179. The monoisotopic (exact) mass is 1800 g/mol. The predicted octanol–water partition coefficient (Wildman–Crippen LogP) is 8.16. The Bertz CT molecular complexity index is 5710. The van der Waals surface area contributed by atoms with E-state index in [-0.39, 0.29) is 69.5 Å². The summed E-state index contributed by atoms with van der Waals surface area (Å²) < 4.78 is 5.87. The van der Waals surface area contributed by atoms with Crippen molar-refractivity contribution in [1.29, 1.82) is 0 Å². The molecule has 30 nitrogen and oxygen atoms in total. The SMILES string of the molecule is CC(=O)N[C@H](Cc1ccc2ccccc2c1)C(=O)N[C@H](Cc1ccc(Cl)cc1)C(=O)N[C@H](Cc1cccnc1)C(=O)N[C@@H](CO)C(=O)N[C@@H](Cc1c[nH]cn1)C(=O)N[C@H](Cc1cccnc1)C(=O)N[C@@H](Cc1c[nH]c2ccccc12)C(=O)N[C@@H](CC(C)C)C(=O)N1CCC[C@H]1C(=O)N[C@H](C)C(N)=O.CC/C(=C(\c1ccccc1)c1ccc(OCCN(C)C)cc1)c1ccccc1. The molecular formula is C100H114ClN17O13. The van der Waals surface area contributed by atoms with E-state index >= 15 is 14.4 Å². The highest BCUT2D eigenvalue weighted by Gasteiger charge is 2.41. The Labute approximate surface area is 766 Å². The van der Waals surface area contributed by atoms with Gasteiger partial charge in [-0.2, -0.15) is 0 Å². The van der Waals surface area contributed by atoms with Crippen LogP contribution in [0, 0.1) is 5.92 Å². The first-order valence-electron chi connectivity index (χ1n) is 43.8. The van der Waals surface area contributed by atoms with Crippen molar-refractivity contribution in [2.75, 3.05) is 40.4 Å². The molecule has 0 radical (unpaired) electrons. The van der Waals surface area contributed by atoms with Crippen LogP contribution in [0.15, 0.2) is 244 Å². The van der Waals surface area contributed by atoms with E-state index in [1.54, 1.807) is 60.8 Å². The molecule has 0 bridgehead atoms. The molecule has 10 atom stereocenters. The fourth-order valence-electron chi connectivity index (χ4n) is 15.6. The smallest absolute Gasteiger partial charge is 0.245 e. The van der Waals surface area contributed by atoms with E-state index in [0.717, 1.165) is 46.0 Å². The maximum absolute atomic E-state index is 15.2. The summed E-state index contributed by atoms with van der Waals surface area (Å²) in [5.74, 6) is -7.92. The van der Waals surface area contributed by atoms with Gasteiger partial charge in [0.2, 0.25) is 65.0 Å². The number of fused-ring (bicyclic) bond motifs is 2. The number of ether oxygens (including phenoxy) is 1. The Morgan fingerprint density at radius 1 is 0.534 bits per heavy atom. The number of carbonyl (C=O) groups excluding carboxylic acids is 11. The number of para-hydroxylation sites is 1. The van der Waals surface area contributed by atoms with Gasteiger partial charge in [-0.05, 0) is 162 Å². The average molecular weight is 1800 g/mol. The highest BCUT2D eigenvalue weighted by molar-refractivity contribution is 6.30. The van der Waals surface area contributed by atoms with E-state index in [0.29, 0.717) is 40.3 Å². The second-order valence-corrected chi connectivity index (χ2v) is 33.5. The van der Waals surface area contributed by atoms with Crippen molar-refractivity contribution in [3.05, 3.63) is 299 Å². The molecule has 5 heterocycles. The largest absolute Gasteiger partial charge is 0.492 e. The number of rotatable bonds is 42. The maximum atomic E-state index is 15.2. The molecule has 12 rings (SSSR count). The van der Waals surface area contributed by atoms with Gasteiger partial charge in [-0.3, -0.25) is 62.7 Å². The third kappa shape index (κ3) is 28.6. The molecule has 0 spiro atoms. The number of hydrogen-bond acceptors (Lipinski definition) is 17. The van der Waals surface area contributed by atoms with Crippen molar-refractivity contribution >= 4 is 109 Å². The van der Waals surface area contributed by atoms with E-state index in [4.69, 9.17) is 22.1 Å². The molecule has 14 N–H and O–H groups in total. The first-order chi connectivity index (χ1) is 63.2. The van der Waals surface area contributed by atoms with Crippen LogP contribution >= 0.6 is 11.6 Å². The first-order valence-corrected chi connectivity index (χ1v) is 44.2. The van der Waals surface area contributed by atoms with Gasteiger partial charge in [0.1, 0.15) is 72.8 Å². The molecule has 1 saturated heterocycles. The number of hydrogen-bond donors (Lipinski definition) is 13. The fraction of sp³-hybridized carbons (Fsp3) is 0.320. The standard InChI is InChI=1S/C74H85ClN16O12.C26H29NO/c1-42(2)28-62(74(103)91-27-11-18-64(91)73(102)82-43(3)65(76)94)89-70(99)60(34-51-38-80-55-17-8-7-16-54(51)55)87-68(97)58(32-47-12-9-25-77-36-47)86-71(100)61(35-53-39-79-41-81-53)88-72(101)63(40-92)90-69(98)59(33-48-13-10-26-78-37-48)85-67(96)57(30-45-20-23-52(75)24-21-45)84-66(95)56(83-44(4)93)31-46-19-22-49-14-5-6-15-50(49)29-46;1-4-25(21-11-7-5-8-12-21)26(22-13-9-6-10-14-22)23-15-17-24(18-16-23)28-20-19-27(2)3/h5-10,12-17,19-26,29,36-39,41-43,56-64,80,92H,11,18,27-28,30-35,40H2,1-4H3,(H2,76,94)(H,79,81)(H,82,102)(H,83,93)(H,84,95)(H,85,96)(H,86,100)(H,87,97)(H,88,101)(H,89,99)(H,90,98);5-18H,4,19-20H2,1-3H3/b;26-25-/t43-,56-,57-,58-,59-,60+,61+,62+,63+,64+;/m1./s1. The number of aliphatic hydroxyl groups excluding tert-OH is 1. The second-order valence-electron chi connectivity index (χ2n) is 33.1. The highest BCUT2D eigenvalue weighted by Crippen LogP contribution is 2.36. The third-order valence-corrected chi connectivity index (χ3v) is 22.7. The zero-order chi connectivity index (χ0) is 93.5. The number of carbonyl (C=O) groups is 11. The molecule has 11 amide bonds. The molecule has 0 aliphatic carbocycles. The Hall–Kier alpha value is -14.2. The van der Waals surface area contributed by atoms with Crippen molar-refractivity contribution in [2.24, 2.45) is 11.7 Å².